The Morgan fingerprint density at radius 3 is 2.50 bits per heavy atom. The summed E-state index contributed by atoms with van der Waals surface area (Å²) in [5.41, 5.74) is 3.30. The number of aryl methyl sites for hydroxylation is 2. The lowest BCUT2D eigenvalue weighted by Crippen LogP contribution is -2.52. The number of nitrogens with one attached hydrogen (secondary N) is 1. The molecule has 6 heteroatoms. The van der Waals surface area contributed by atoms with Crippen LogP contribution in [0, 0.1) is 13.8 Å². The summed E-state index contributed by atoms with van der Waals surface area (Å²) >= 11 is 0. The second kappa shape index (κ2) is 6.81. The van der Waals surface area contributed by atoms with Crippen LogP contribution in [0.1, 0.15) is 17.5 Å². The van der Waals surface area contributed by atoms with E-state index in [-0.39, 0.29) is 18.0 Å². The Morgan fingerprint density at radius 2 is 1.83 bits per heavy atom. The van der Waals surface area contributed by atoms with Gasteiger partial charge >= 0.3 is 6.03 Å². The van der Waals surface area contributed by atoms with Crippen LogP contribution in [0.2, 0.25) is 0 Å². The molecule has 1 unspecified atom stereocenters. The second-order valence-corrected chi connectivity index (χ2v) is 6.91. The number of likely N-dealkylation sites (N-methyl/N-ethyl adjacent to an activating group) is 1. The van der Waals surface area contributed by atoms with Crippen molar-refractivity contribution in [2.24, 2.45) is 0 Å². The predicted molar refractivity (Wildman–Crippen MR) is 94.3 cm³/mol. The van der Waals surface area contributed by atoms with Gasteiger partial charge in [-0.3, -0.25) is 4.79 Å². The summed E-state index contributed by atoms with van der Waals surface area (Å²) in [7, 11) is 2.06. The number of amides is 3. The smallest absolute Gasteiger partial charge is 0.317 e. The van der Waals surface area contributed by atoms with E-state index in [1.54, 1.807) is 4.90 Å². The number of anilines is 1. The fourth-order valence-electron chi connectivity index (χ4n) is 3.22. The van der Waals surface area contributed by atoms with Crippen molar-refractivity contribution < 1.29 is 9.59 Å². The molecule has 3 rings (SSSR count). The van der Waals surface area contributed by atoms with Gasteiger partial charge in [0.1, 0.15) is 0 Å². The highest BCUT2D eigenvalue weighted by molar-refractivity contribution is 5.96. The first-order valence-electron chi connectivity index (χ1n) is 8.55. The van der Waals surface area contributed by atoms with Crippen LogP contribution in [0.5, 0.6) is 0 Å². The van der Waals surface area contributed by atoms with Crippen molar-refractivity contribution in [1.82, 2.24) is 15.1 Å². The standard InChI is InChI=1S/C18H26N4O2/c1-13-4-5-16(10-14(13)2)22-12-15(11-17(22)23)19-18(24)21-8-6-20(3)7-9-21/h4-5,10,15H,6-9,11-12H2,1-3H3,(H,19,24). The third-order valence-corrected chi connectivity index (χ3v) is 5.05. The quantitative estimate of drug-likeness (QED) is 0.891. The van der Waals surface area contributed by atoms with E-state index < -0.39 is 0 Å². The van der Waals surface area contributed by atoms with Crippen LogP contribution in [-0.2, 0) is 4.79 Å². The van der Waals surface area contributed by atoms with E-state index in [9.17, 15) is 9.59 Å². The molecule has 1 atom stereocenters. The van der Waals surface area contributed by atoms with Crippen LogP contribution in [0.4, 0.5) is 10.5 Å². The van der Waals surface area contributed by atoms with Gasteiger partial charge in [-0.25, -0.2) is 4.79 Å². The molecule has 3 amide bonds. The van der Waals surface area contributed by atoms with Crippen molar-refractivity contribution in [2.75, 3.05) is 44.7 Å². The fraction of sp³-hybridized carbons (Fsp3) is 0.556. The van der Waals surface area contributed by atoms with Gasteiger partial charge in [-0.2, -0.15) is 0 Å². The maximum Gasteiger partial charge on any atom is 0.317 e. The number of carbonyl (C=O) groups is 2. The number of urea groups is 1. The van der Waals surface area contributed by atoms with Gasteiger partial charge in [0.05, 0.1) is 6.04 Å². The lowest BCUT2D eigenvalue weighted by molar-refractivity contribution is -0.117. The lowest BCUT2D eigenvalue weighted by Gasteiger charge is -2.33. The van der Waals surface area contributed by atoms with E-state index in [2.05, 4.69) is 24.2 Å². The SMILES string of the molecule is Cc1ccc(N2CC(NC(=O)N3CCN(C)CC3)CC2=O)cc1C. The Bertz CT molecular complexity index is 638. The summed E-state index contributed by atoms with van der Waals surface area (Å²) in [4.78, 5) is 30.5. The average Bonchev–Trinajstić information content (AvgIpc) is 2.91. The number of benzene rings is 1. The molecule has 0 aromatic heterocycles. The molecule has 1 aromatic rings. The maximum absolute atomic E-state index is 12.4. The largest absolute Gasteiger partial charge is 0.333 e. The van der Waals surface area contributed by atoms with Crippen LogP contribution in [0.3, 0.4) is 0 Å². The van der Waals surface area contributed by atoms with Gasteiger partial charge in [-0.05, 0) is 44.2 Å². The Morgan fingerprint density at radius 1 is 1.12 bits per heavy atom. The third kappa shape index (κ3) is 3.53. The molecule has 24 heavy (non-hydrogen) atoms. The number of rotatable bonds is 2. The Kier molecular flexibility index (Phi) is 4.76. The monoisotopic (exact) mass is 330 g/mol. The highest BCUT2D eigenvalue weighted by Crippen LogP contribution is 2.24. The van der Waals surface area contributed by atoms with E-state index in [1.807, 2.05) is 30.0 Å². The summed E-state index contributed by atoms with van der Waals surface area (Å²) < 4.78 is 0. The molecule has 2 heterocycles. The minimum Gasteiger partial charge on any atom is -0.333 e. The highest BCUT2D eigenvalue weighted by atomic mass is 16.2. The molecule has 1 N–H and O–H groups in total. The number of piperazine rings is 1. The van der Waals surface area contributed by atoms with Crippen LogP contribution in [-0.4, -0.2) is 67.6 Å². The first-order chi connectivity index (χ1) is 11.4. The molecule has 2 aliphatic heterocycles. The molecule has 2 fully saturated rings. The van der Waals surface area contributed by atoms with Crippen LogP contribution in [0.25, 0.3) is 0 Å². The number of nitrogens with zero attached hydrogens (tertiary/aromatic N) is 3. The number of carbonyl (C=O) groups excluding carboxylic acids is 2. The second-order valence-electron chi connectivity index (χ2n) is 6.91. The fourth-order valence-corrected chi connectivity index (χ4v) is 3.22. The number of hydrogen-bond acceptors (Lipinski definition) is 3. The lowest BCUT2D eigenvalue weighted by atomic mass is 10.1. The van der Waals surface area contributed by atoms with Gasteiger partial charge in [-0.15, -0.1) is 0 Å². The molecule has 130 valence electrons. The Labute approximate surface area is 143 Å². The van der Waals surface area contributed by atoms with Crippen molar-refractivity contribution in [3.05, 3.63) is 29.3 Å². The molecule has 0 aliphatic carbocycles. The average molecular weight is 330 g/mol. The zero-order valence-electron chi connectivity index (χ0n) is 14.7. The predicted octanol–water partition coefficient (Wildman–Crippen LogP) is 1.37. The molecule has 0 bridgehead atoms. The molecule has 0 spiro atoms. The highest BCUT2D eigenvalue weighted by Gasteiger charge is 2.33. The number of hydrogen-bond donors (Lipinski definition) is 1. The molecule has 0 radical (unpaired) electrons. The van der Waals surface area contributed by atoms with E-state index in [0.29, 0.717) is 13.0 Å². The van der Waals surface area contributed by atoms with Crippen molar-refractivity contribution in [1.29, 1.82) is 0 Å². The van der Waals surface area contributed by atoms with Crippen LogP contribution < -0.4 is 10.2 Å². The zero-order valence-corrected chi connectivity index (χ0v) is 14.7. The van der Waals surface area contributed by atoms with Crippen molar-refractivity contribution in [3.63, 3.8) is 0 Å². The minimum atomic E-state index is -0.119. The van der Waals surface area contributed by atoms with Gasteiger partial charge in [0.2, 0.25) is 5.91 Å². The minimum absolute atomic E-state index is 0.0529. The molecular weight excluding hydrogens is 304 g/mol. The molecule has 1 aromatic carbocycles. The normalized spacial score (nSPS) is 22.1. The van der Waals surface area contributed by atoms with Crippen molar-refractivity contribution in [2.45, 2.75) is 26.3 Å². The molecule has 2 aliphatic rings. The van der Waals surface area contributed by atoms with Crippen molar-refractivity contribution >= 4 is 17.6 Å². The Hall–Kier alpha value is -2.08. The van der Waals surface area contributed by atoms with E-state index in [1.165, 1.54) is 11.1 Å². The summed E-state index contributed by atoms with van der Waals surface area (Å²) in [6.45, 7) is 7.92. The van der Waals surface area contributed by atoms with Gasteiger partial charge in [0.25, 0.3) is 0 Å². The zero-order chi connectivity index (χ0) is 17.3. The van der Waals surface area contributed by atoms with Crippen molar-refractivity contribution in [3.8, 4) is 0 Å². The molecule has 0 saturated carbocycles. The third-order valence-electron chi connectivity index (χ3n) is 5.05. The molecular formula is C18H26N4O2. The van der Waals surface area contributed by atoms with Gasteiger partial charge < -0.3 is 20.0 Å². The van der Waals surface area contributed by atoms with Gasteiger partial charge in [-0.1, -0.05) is 6.07 Å². The first-order valence-corrected chi connectivity index (χ1v) is 8.55. The summed E-state index contributed by atoms with van der Waals surface area (Å²) in [6.07, 6.45) is 0.367. The van der Waals surface area contributed by atoms with Crippen LogP contribution >= 0.6 is 0 Å². The summed E-state index contributed by atoms with van der Waals surface area (Å²) in [6, 6.07) is 5.88. The van der Waals surface area contributed by atoms with E-state index >= 15 is 0 Å². The van der Waals surface area contributed by atoms with Gasteiger partial charge in [0.15, 0.2) is 0 Å². The summed E-state index contributed by atoms with van der Waals surface area (Å²) in [5, 5.41) is 3.03. The first kappa shape index (κ1) is 16.8. The Balaban J connectivity index is 1.60. The topological polar surface area (TPSA) is 55.9 Å². The molecule has 2 saturated heterocycles. The van der Waals surface area contributed by atoms with E-state index in [4.69, 9.17) is 0 Å². The molecule has 6 nitrogen and oxygen atoms in total. The maximum atomic E-state index is 12.4. The summed E-state index contributed by atoms with van der Waals surface area (Å²) in [5.74, 6) is 0.0712. The van der Waals surface area contributed by atoms with Crippen LogP contribution in [0.15, 0.2) is 18.2 Å². The van der Waals surface area contributed by atoms with Gasteiger partial charge in [0, 0.05) is 44.8 Å². The van der Waals surface area contributed by atoms with E-state index in [0.717, 1.165) is 31.9 Å².